The van der Waals surface area contributed by atoms with Gasteiger partial charge in [0.05, 0.1) is 6.10 Å². The van der Waals surface area contributed by atoms with Crippen molar-refractivity contribution >= 4 is 67.9 Å². The molecule has 6 amide bonds. The van der Waals surface area contributed by atoms with E-state index in [0.29, 0.717) is 25.1 Å². The lowest BCUT2D eigenvalue weighted by molar-refractivity contribution is -0.136. The van der Waals surface area contributed by atoms with Crippen LogP contribution >= 0.6 is 21.6 Å². The zero-order valence-electron chi connectivity index (χ0n) is 29.5. The normalized spacial score (nSPS) is 23.5. The molecule has 0 unspecified atom stereocenters. The number of nitrogens with two attached hydrogens (primary N) is 2. The van der Waals surface area contributed by atoms with Gasteiger partial charge in [-0.1, -0.05) is 70.1 Å². The van der Waals surface area contributed by atoms with Crippen molar-refractivity contribution in [3.05, 3.63) is 71.9 Å². The standard InChI is InChI=1S/C36H48N8O7S2/c1-21(45)31-36(51)43-29(32(38)47)20-53-52-16-14-30(46)40-27(17-22-9-3-2-4-10-22)34(49)42-28(18-23-19-39-25-12-6-5-11-24(23)25)35(50)41-26(33(48)44-31)13-7-8-15-37/h2-6,9-12,19,21,26-29,31,39,45H,7-8,13-18,20,37H2,1H3,(H2,38,47)(H,40,46)(H,41,50)(H,42,49)(H,43,51)(H,44,48)/t21-,26+,27+,28-,29+,31+/m1/s1. The maximum Gasteiger partial charge on any atom is 0.245 e. The number of aliphatic hydroxyl groups is 1. The van der Waals surface area contributed by atoms with Crippen molar-refractivity contribution in [3.8, 4) is 0 Å². The molecular formula is C36H48N8O7S2. The first-order valence-electron chi connectivity index (χ1n) is 17.5. The Morgan fingerprint density at radius 1 is 0.811 bits per heavy atom. The van der Waals surface area contributed by atoms with Gasteiger partial charge in [-0.25, -0.2) is 0 Å². The molecule has 0 radical (unpaired) electrons. The minimum Gasteiger partial charge on any atom is -0.391 e. The summed E-state index contributed by atoms with van der Waals surface area (Å²) in [6.07, 6.45) is 1.66. The van der Waals surface area contributed by atoms with Crippen molar-refractivity contribution < 1.29 is 33.9 Å². The molecule has 3 aromatic rings. The van der Waals surface area contributed by atoms with Crippen molar-refractivity contribution in [1.82, 2.24) is 31.6 Å². The lowest BCUT2D eigenvalue weighted by atomic mass is 10.0. The summed E-state index contributed by atoms with van der Waals surface area (Å²) in [7, 11) is 2.47. The van der Waals surface area contributed by atoms with E-state index in [2.05, 4.69) is 31.6 Å². The molecule has 2 aromatic carbocycles. The van der Waals surface area contributed by atoms with Gasteiger partial charge in [0.25, 0.3) is 0 Å². The van der Waals surface area contributed by atoms with Crippen LogP contribution in [0.5, 0.6) is 0 Å². The molecule has 1 fully saturated rings. The minimum absolute atomic E-state index is 0.0314. The average molecular weight is 769 g/mol. The number of fused-ring (bicyclic) bond motifs is 1. The van der Waals surface area contributed by atoms with E-state index in [1.165, 1.54) is 28.5 Å². The number of carbonyl (C=O) groups excluding carboxylic acids is 6. The third-order valence-corrected chi connectivity index (χ3v) is 11.1. The molecule has 286 valence electrons. The molecule has 0 bridgehead atoms. The Labute approximate surface area is 315 Å². The lowest BCUT2D eigenvalue weighted by Gasteiger charge is -2.28. The molecular weight excluding hydrogens is 721 g/mol. The summed E-state index contributed by atoms with van der Waals surface area (Å²) < 4.78 is 0. The van der Waals surface area contributed by atoms with E-state index in [4.69, 9.17) is 11.5 Å². The van der Waals surface area contributed by atoms with Crippen molar-refractivity contribution in [3.63, 3.8) is 0 Å². The number of aromatic nitrogens is 1. The van der Waals surface area contributed by atoms with E-state index in [1.54, 1.807) is 6.20 Å². The summed E-state index contributed by atoms with van der Waals surface area (Å²) in [6, 6.07) is 10.5. The van der Waals surface area contributed by atoms with Gasteiger partial charge in [0.15, 0.2) is 0 Å². The number of rotatable bonds is 10. The molecule has 2 heterocycles. The Morgan fingerprint density at radius 3 is 2.17 bits per heavy atom. The van der Waals surface area contributed by atoms with Crippen LogP contribution in [0, 0.1) is 0 Å². The van der Waals surface area contributed by atoms with Crippen molar-refractivity contribution in [1.29, 1.82) is 0 Å². The Kier molecular flexibility index (Phi) is 16.0. The molecule has 1 aliphatic heterocycles. The highest BCUT2D eigenvalue weighted by Gasteiger charge is 2.34. The number of aromatic amines is 1. The van der Waals surface area contributed by atoms with E-state index < -0.39 is 71.8 Å². The summed E-state index contributed by atoms with van der Waals surface area (Å²) in [5.74, 6) is -3.78. The molecule has 53 heavy (non-hydrogen) atoms. The van der Waals surface area contributed by atoms with Gasteiger partial charge in [-0.2, -0.15) is 0 Å². The van der Waals surface area contributed by atoms with Gasteiger partial charge < -0.3 is 48.1 Å². The zero-order chi connectivity index (χ0) is 38.3. The van der Waals surface area contributed by atoms with E-state index in [1.807, 2.05) is 54.6 Å². The van der Waals surface area contributed by atoms with Crippen LogP contribution in [0.25, 0.3) is 10.9 Å². The Morgan fingerprint density at radius 2 is 1.47 bits per heavy atom. The summed E-state index contributed by atoms with van der Waals surface area (Å²) in [5, 5.41) is 24.8. The highest BCUT2D eigenvalue weighted by atomic mass is 33.1. The number of para-hydroxylation sites is 1. The third kappa shape index (κ3) is 12.5. The number of nitrogens with one attached hydrogen (secondary N) is 6. The molecule has 0 spiro atoms. The fourth-order valence-electron chi connectivity index (χ4n) is 5.79. The maximum absolute atomic E-state index is 14.2. The van der Waals surface area contributed by atoms with Crippen LogP contribution in [0.1, 0.15) is 43.7 Å². The summed E-state index contributed by atoms with van der Waals surface area (Å²) in [5.41, 5.74) is 13.6. The third-order valence-electron chi connectivity index (χ3n) is 8.70. The predicted molar refractivity (Wildman–Crippen MR) is 205 cm³/mol. The highest BCUT2D eigenvalue weighted by Crippen LogP contribution is 2.23. The number of amides is 6. The first-order valence-corrected chi connectivity index (χ1v) is 20.0. The summed E-state index contributed by atoms with van der Waals surface area (Å²) in [4.78, 5) is 83.9. The zero-order valence-corrected chi connectivity index (χ0v) is 31.1. The minimum atomic E-state index is -1.49. The Balaban J connectivity index is 1.70. The molecule has 17 heteroatoms. The van der Waals surface area contributed by atoms with Gasteiger partial charge in [0.1, 0.15) is 30.2 Å². The van der Waals surface area contributed by atoms with Gasteiger partial charge >= 0.3 is 0 Å². The van der Waals surface area contributed by atoms with E-state index in [0.717, 1.165) is 22.0 Å². The van der Waals surface area contributed by atoms with Crippen LogP contribution in [0.15, 0.2) is 60.8 Å². The van der Waals surface area contributed by atoms with Crippen LogP contribution < -0.4 is 38.1 Å². The Bertz CT molecular complexity index is 1720. The second-order valence-electron chi connectivity index (χ2n) is 12.8. The van der Waals surface area contributed by atoms with Crippen molar-refractivity contribution in [2.75, 3.05) is 18.1 Å². The highest BCUT2D eigenvalue weighted by molar-refractivity contribution is 8.76. The van der Waals surface area contributed by atoms with Crippen LogP contribution in [0.3, 0.4) is 0 Å². The van der Waals surface area contributed by atoms with Crippen LogP contribution in [0.4, 0.5) is 0 Å². The van der Waals surface area contributed by atoms with Crippen LogP contribution in [-0.2, 0) is 41.6 Å². The number of carbonyl (C=O) groups is 6. The first-order chi connectivity index (χ1) is 25.5. The quantitative estimate of drug-likeness (QED) is 0.0998. The van der Waals surface area contributed by atoms with Gasteiger partial charge in [-0.05, 0) is 49.9 Å². The number of H-pyrrole nitrogens is 1. The molecule has 15 nitrogen and oxygen atoms in total. The number of hydrogen-bond acceptors (Lipinski definition) is 10. The second-order valence-corrected chi connectivity index (χ2v) is 15.5. The largest absolute Gasteiger partial charge is 0.391 e. The molecule has 0 saturated carbocycles. The monoisotopic (exact) mass is 768 g/mol. The van der Waals surface area contributed by atoms with Crippen LogP contribution in [-0.4, -0.2) is 99.9 Å². The molecule has 4 rings (SSSR count). The molecule has 1 aliphatic rings. The number of aliphatic hydroxyl groups excluding tert-OH is 1. The Hall–Kier alpha value is -4.58. The number of primary amides is 1. The maximum atomic E-state index is 14.2. The smallest absolute Gasteiger partial charge is 0.245 e. The summed E-state index contributed by atoms with van der Waals surface area (Å²) in [6.45, 7) is 1.64. The van der Waals surface area contributed by atoms with E-state index >= 15 is 0 Å². The van der Waals surface area contributed by atoms with Gasteiger partial charge in [0, 0.05) is 47.9 Å². The number of benzene rings is 2. The number of hydrogen-bond donors (Lipinski definition) is 9. The number of unbranched alkanes of at least 4 members (excludes halogenated alkanes) is 1. The topological polar surface area (TPSA) is 251 Å². The van der Waals surface area contributed by atoms with Crippen LogP contribution in [0.2, 0.25) is 0 Å². The fourth-order valence-corrected chi connectivity index (χ4v) is 7.95. The fraction of sp³-hybridized carbons (Fsp3) is 0.444. The van der Waals surface area contributed by atoms with E-state index in [9.17, 15) is 33.9 Å². The molecule has 0 aliphatic carbocycles. The SMILES string of the molecule is C[C@@H](O)[C@@H]1NC(=O)[C@H](CCCCN)NC(=O)[C@@H](Cc2c[nH]c3ccccc23)NC(=O)[C@H](Cc2ccccc2)NC(=O)CCSSC[C@@H](C(N)=O)NC1=O. The lowest BCUT2D eigenvalue weighted by Crippen LogP contribution is -2.61. The van der Waals surface area contributed by atoms with Crippen molar-refractivity contribution in [2.45, 2.75) is 81.8 Å². The van der Waals surface area contributed by atoms with E-state index in [-0.39, 0.29) is 31.4 Å². The molecule has 11 N–H and O–H groups in total. The first kappa shape index (κ1) is 41.2. The van der Waals surface area contributed by atoms with Gasteiger partial charge in [-0.3, -0.25) is 28.8 Å². The second kappa shape index (κ2) is 20.6. The van der Waals surface area contributed by atoms with Gasteiger partial charge in [0.2, 0.25) is 35.4 Å². The predicted octanol–water partition coefficient (Wildman–Crippen LogP) is 0.157. The van der Waals surface area contributed by atoms with Gasteiger partial charge in [-0.15, -0.1) is 0 Å². The molecule has 6 atom stereocenters. The molecule has 1 aromatic heterocycles. The van der Waals surface area contributed by atoms with Crippen molar-refractivity contribution in [2.24, 2.45) is 11.5 Å². The molecule has 1 saturated heterocycles. The summed E-state index contributed by atoms with van der Waals surface area (Å²) >= 11 is 0. The average Bonchev–Trinajstić information content (AvgIpc) is 3.54.